The molecular formula is C39H25NS. The number of nitrogens with zero attached hydrogens (tertiary/aromatic N) is 1. The maximum atomic E-state index is 3.51. The van der Waals surface area contributed by atoms with Crippen LogP contribution in [0.1, 0.15) is 23.2 Å². The molecule has 0 saturated carbocycles. The van der Waals surface area contributed by atoms with Crippen molar-refractivity contribution in [1.29, 1.82) is 0 Å². The summed E-state index contributed by atoms with van der Waals surface area (Å²) in [5.74, 6) is 0. The SMILES string of the molecule is c1c(-c2ccccc2)ccc(-n2c3c(c4ccc5sccc5c42)C=C(c2cccc(-c4ccccc4)c2)CC=C3)c#1. The second-order valence-corrected chi connectivity index (χ2v) is 11.3. The van der Waals surface area contributed by atoms with Gasteiger partial charge in [0.1, 0.15) is 0 Å². The van der Waals surface area contributed by atoms with Crippen LogP contribution in [0.3, 0.4) is 0 Å². The van der Waals surface area contributed by atoms with Gasteiger partial charge in [-0.15, -0.1) is 11.3 Å². The molecule has 7 aromatic rings. The van der Waals surface area contributed by atoms with Gasteiger partial charge in [0.2, 0.25) is 0 Å². The Balaban J connectivity index is 1.32. The highest BCUT2D eigenvalue weighted by atomic mass is 32.1. The van der Waals surface area contributed by atoms with Crippen molar-refractivity contribution in [3.05, 3.63) is 156 Å². The molecule has 0 N–H and O–H groups in total. The topological polar surface area (TPSA) is 4.93 Å². The predicted octanol–water partition coefficient (Wildman–Crippen LogP) is 10.7. The van der Waals surface area contributed by atoms with E-state index < -0.39 is 0 Å². The summed E-state index contributed by atoms with van der Waals surface area (Å²) in [6, 6.07) is 48.0. The molecule has 2 aromatic heterocycles. The van der Waals surface area contributed by atoms with Crippen LogP contribution >= 0.6 is 11.3 Å². The van der Waals surface area contributed by atoms with Crippen LogP contribution in [0.4, 0.5) is 0 Å². The first-order valence-corrected chi connectivity index (χ1v) is 14.8. The van der Waals surface area contributed by atoms with E-state index in [4.69, 9.17) is 0 Å². The van der Waals surface area contributed by atoms with Gasteiger partial charge in [-0.05, 0) is 88.2 Å². The van der Waals surface area contributed by atoms with Crippen LogP contribution in [0.2, 0.25) is 0 Å². The van der Waals surface area contributed by atoms with Crippen molar-refractivity contribution in [2.24, 2.45) is 0 Å². The fourth-order valence-electron chi connectivity index (χ4n) is 5.99. The normalized spacial score (nSPS) is 12.6. The minimum absolute atomic E-state index is 0.873. The van der Waals surface area contributed by atoms with E-state index in [-0.39, 0.29) is 0 Å². The molecule has 192 valence electrons. The number of thiophene rings is 1. The molecule has 0 fully saturated rings. The molecule has 0 amide bonds. The zero-order valence-electron chi connectivity index (χ0n) is 22.3. The minimum atomic E-state index is 0.873. The summed E-state index contributed by atoms with van der Waals surface area (Å²) in [7, 11) is 0. The zero-order valence-corrected chi connectivity index (χ0v) is 23.2. The first kappa shape index (κ1) is 23.8. The zero-order chi connectivity index (χ0) is 27.2. The summed E-state index contributed by atoms with van der Waals surface area (Å²) >= 11 is 1.79. The Morgan fingerprint density at radius 1 is 0.634 bits per heavy atom. The Morgan fingerprint density at radius 2 is 1.41 bits per heavy atom. The van der Waals surface area contributed by atoms with Crippen LogP contribution < -0.4 is 0 Å². The number of hydrogen-bond donors (Lipinski definition) is 0. The van der Waals surface area contributed by atoms with Crippen molar-refractivity contribution in [3.63, 3.8) is 0 Å². The largest absolute Gasteiger partial charge is 0.301 e. The average Bonchev–Trinajstić information content (AvgIpc) is 3.57. The van der Waals surface area contributed by atoms with Crippen LogP contribution in [0.15, 0.2) is 127 Å². The van der Waals surface area contributed by atoms with Gasteiger partial charge in [-0.25, -0.2) is 0 Å². The van der Waals surface area contributed by atoms with E-state index in [1.807, 2.05) is 6.07 Å². The molecule has 0 radical (unpaired) electrons. The quantitative estimate of drug-likeness (QED) is 0.210. The van der Waals surface area contributed by atoms with Gasteiger partial charge in [-0.1, -0.05) is 97.1 Å². The lowest BCUT2D eigenvalue weighted by molar-refractivity contribution is 1.11. The maximum absolute atomic E-state index is 3.51. The molecule has 0 spiro atoms. The summed E-state index contributed by atoms with van der Waals surface area (Å²) < 4.78 is 3.67. The molecule has 41 heavy (non-hydrogen) atoms. The predicted molar refractivity (Wildman–Crippen MR) is 175 cm³/mol. The molecule has 2 heteroatoms. The third-order valence-corrected chi connectivity index (χ3v) is 8.85. The molecular weight excluding hydrogens is 515 g/mol. The van der Waals surface area contributed by atoms with E-state index in [9.17, 15) is 0 Å². The molecule has 0 bridgehead atoms. The second-order valence-electron chi connectivity index (χ2n) is 10.4. The van der Waals surface area contributed by atoms with E-state index in [1.54, 1.807) is 11.3 Å². The highest BCUT2D eigenvalue weighted by Crippen LogP contribution is 2.41. The van der Waals surface area contributed by atoms with E-state index in [0.717, 1.165) is 23.2 Å². The Bertz CT molecular complexity index is 2090. The molecule has 5 aromatic carbocycles. The number of hydrogen-bond acceptors (Lipinski definition) is 1. The summed E-state index contributed by atoms with van der Waals surface area (Å²) in [5.41, 5.74) is 11.9. The lowest BCUT2D eigenvalue weighted by Gasteiger charge is -2.08. The molecule has 8 rings (SSSR count). The van der Waals surface area contributed by atoms with Gasteiger partial charge in [-0.3, -0.25) is 0 Å². The number of allylic oxidation sites excluding steroid dienone is 2. The van der Waals surface area contributed by atoms with Gasteiger partial charge in [0, 0.05) is 26.6 Å². The molecule has 1 aliphatic rings. The molecule has 2 heterocycles. The Labute approximate surface area is 244 Å². The third-order valence-electron chi connectivity index (χ3n) is 7.97. The van der Waals surface area contributed by atoms with Gasteiger partial charge in [0.25, 0.3) is 0 Å². The minimum Gasteiger partial charge on any atom is -0.301 e. The lowest BCUT2D eigenvalue weighted by Crippen LogP contribution is -1.96. The molecule has 0 saturated heterocycles. The van der Waals surface area contributed by atoms with E-state index in [1.165, 1.54) is 54.5 Å². The van der Waals surface area contributed by atoms with Gasteiger partial charge in [0.15, 0.2) is 0 Å². The van der Waals surface area contributed by atoms with Gasteiger partial charge < -0.3 is 4.57 Å². The summed E-state index contributed by atoms with van der Waals surface area (Å²) in [5, 5.41) is 4.72. The van der Waals surface area contributed by atoms with Crippen LogP contribution in [0, 0.1) is 12.1 Å². The Kier molecular flexibility index (Phi) is 5.69. The van der Waals surface area contributed by atoms with Crippen molar-refractivity contribution >= 4 is 50.1 Å². The third kappa shape index (κ3) is 4.11. The molecule has 1 aliphatic carbocycles. The highest BCUT2D eigenvalue weighted by molar-refractivity contribution is 7.17. The number of fused-ring (bicyclic) bond motifs is 5. The van der Waals surface area contributed by atoms with Crippen molar-refractivity contribution in [3.8, 4) is 27.9 Å². The summed E-state index contributed by atoms with van der Waals surface area (Å²) in [6.07, 6.45) is 7.86. The van der Waals surface area contributed by atoms with Crippen molar-refractivity contribution in [2.45, 2.75) is 6.42 Å². The van der Waals surface area contributed by atoms with Crippen molar-refractivity contribution < 1.29 is 0 Å². The van der Waals surface area contributed by atoms with Crippen LogP contribution in [0.5, 0.6) is 0 Å². The van der Waals surface area contributed by atoms with Crippen molar-refractivity contribution in [2.75, 3.05) is 0 Å². The molecule has 1 nitrogen and oxygen atoms in total. The second kappa shape index (κ2) is 9.82. The van der Waals surface area contributed by atoms with E-state index in [0.29, 0.717) is 0 Å². The van der Waals surface area contributed by atoms with Crippen LogP contribution in [-0.2, 0) is 0 Å². The molecule has 0 aliphatic heterocycles. The molecule has 0 unspecified atom stereocenters. The lowest BCUT2D eigenvalue weighted by atomic mass is 9.96. The van der Waals surface area contributed by atoms with E-state index >= 15 is 0 Å². The first-order chi connectivity index (χ1) is 20.3. The average molecular weight is 540 g/mol. The Hall–Kier alpha value is -5.10. The summed E-state index contributed by atoms with van der Waals surface area (Å²) in [4.78, 5) is 0. The smallest absolute Gasteiger partial charge is 0.0974 e. The van der Waals surface area contributed by atoms with Crippen LogP contribution in [-0.4, -0.2) is 4.57 Å². The standard InChI is InChI=1S/C39H25NS/c1-3-9-27(10-4-1)29-17-19-33(20-18-29)40-37-16-8-15-32(31-14-7-13-30(25-31)28-11-5-2-6-12-28)26-36(37)34-21-22-38-35(39(34)40)23-24-41-38/h1-14,16-17,19,21-26H,15H2. The van der Waals surface area contributed by atoms with Gasteiger partial charge in [0.05, 0.1) is 16.9 Å². The number of rotatable bonds is 4. The van der Waals surface area contributed by atoms with Gasteiger partial charge in [-0.2, -0.15) is 0 Å². The monoisotopic (exact) mass is 539 g/mol. The fourth-order valence-corrected chi connectivity index (χ4v) is 6.78. The number of aromatic nitrogens is 1. The van der Waals surface area contributed by atoms with E-state index in [2.05, 4.69) is 150 Å². The molecule has 0 atom stereocenters. The first-order valence-electron chi connectivity index (χ1n) is 13.9. The number of benzene rings is 4. The summed E-state index contributed by atoms with van der Waals surface area (Å²) in [6.45, 7) is 0. The highest BCUT2D eigenvalue weighted by Gasteiger charge is 2.20. The van der Waals surface area contributed by atoms with Crippen LogP contribution in [0.25, 0.3) is 66.7 Å². The Morgan fingerprint density at radius 3 is 2.22 bits per heavy atom. The van der Waals surface area contributed by atoms with Gasteiger partial charge >= 0.3 is 0 Å². The fraction of sp³-hybridized carbons (Fsp3) is 0.0256. The van der Waals surface area contributed by atoms with Crippen molar-refractivity contribution in [1.82, 2.24) is 4.57 Å². The maximum Gasteiger partial charge on any atom is 0.0974 e.